The molecule has 0 aliphatic rings. The van der Waals surface area contributed by atoms with Gasteiger partial charge in [0.15, 0.2) is 0 Å². The zero-order chi connectivity index (χ0) is 13.8. The smallest absolute Gasteiger partial charge is 0.251 e. The van der Waals surface area contributed by atoms with Gasteiger partial charge in [-0.2, -0.15) is 0 Å². The fraction of sp³-hybridized carbons (Fsp3) is 0.214. The lowest BCUT2D eigenvalue weighted by Crippen LogP contribution is -2.26. The summed E-state index contributed by atoms with van der Waals surface area (Å²) in [4.78, 5) is 12.1. The summed E-state index contributed by atoms with van der Waals surface area (Å²) in [5, 5.41) is 2.87. The molecule has 2 rings (SSSR count). The standard InChI is InChI=1S/C14H14BrNO3/c1-9(12-4-3-7-19-12)16-14(17)10-5-6-13(18-2)11(15)8-10/h3-9H,1-2H3,(H,16,17)/t9-/m0/s1. The first kappa shape index (κ1) is 13.7. The Bertz CT molecular complexity index is 566. The van der Waals surface area contributed by atoms with Gasteiger partial charge in [-0.1, -0.05) is 0 Å². The Labute approximate surface area is 119 Å². The zero-order valence-electron chi connectivity index (χ0n) is 10.6. The van der Waals surface area contributed by atoms with E-state index >= 15 is 0 Å². The second-order valence-electron chi connectivity index (χ2n) is 4.06. The topological polar surface area (TPSA) is 51.5 Å². The quantitative estimate of drug-likeness (QED) is 0.936. The van der Waals surface area contributed by atoms with Gasteiger partial charge in [0.1, 0.15) is 11.5 Å². The van der Waals surface area contributed by atoms with Crippen molar-refractivity contribution < 1.29 is 13.9 Å². The van der Waals surface area contributed by atoms with Crippen molar-refractivity contribution in [2.24, 2.45) is 0 Å². The summed E-state index contributed by atoms with van der Waals surface area (Å²) in [6, 6.07) is 8.63. The van der Waals surface area contributed by atoms with E-state index in [1.54, 1.807) is 37.6 Å². The highest BCUT2D eigenvalue weighted by molar-refractivity contribution is 9.10. The van der Waals surface area contributed by atoms with E-state index in [2.05, 4.69) is 21.2 Å². The minimum Gasteiger partial charge on any atom is -0.496 e. The van der Waals surface area contributed by atoms with Crippen molar-refractivity contribution in [3.8, 4) is 5.75 Å². The van der Waals surface area contributed by atoms with E-state index < -0.39 is 0 Å². The monoisotopic (exact) mass is 323 g/mol. The Hall–Kier alpha value is -1.75. The summed E-state index contributed by atoms with van der Waals surface area (Å²) in [7, 11) is 1.58. The highest BCUT2D eigenvalue weighted by Gasteiger charge is 2.14. The molecule has 0 unspecified atom stereocenters. The lowest BCUT2D eigenvalue weighted by Gasteiger charge is -2.12. The Morgan fingerprint density at radius 1 is 1.42 bits per heavy atom. The molecule has 19 heavy (non-hydrogen) atoms. The third-order valence-corrected chi connectivity index (χ3v) is 3.35. The van der Waals surface area contributed by atoms with Crippen LogP contribution < -0.4 is 10.1 Å². The molecule has 100 valence electrons. The number of furan rings is 1. The van der Waals surface area contributed by atoms with Gasteiger partial charge in [-0.05, 0) is 53.2 Å². The van der Waals surface area contributed by atoms with Crippen LogP contribution in [0.2, 0.25) is 0 Å². The number of carbonyl (C=O) groups is 1. The third kappa shape index (κ3) is 3.17. The molecule has 1 amide bonds. The maximum absolute atomic E-state index is 12.1. The van der Waals surface area contributed by atoms with Crippen molar-refractivity contribution in [1.29, 1.82) is 0 Å². The van der Waals surface area contributed by atoms with E-state index in [9.17, 15) is 4.79 Å². The molecule has 5 heteroatoms. The van der Waals surface area contributed by atoms with E-state index in [-0.39, 0.29) is 11.9 Å². The maximum atomic E-state index is 12.1. The summed E-state index contributed by atoms with van der Waals surface area (Å²) >= 11 is 3.36. The van der Waals surface area contributed by atoms with Gasteiger partial charge in [0.05, 0.1) is 23.9 Å². The number of halogens is 1. The second-order valence-corrected chi connectivity index (χ2v) is 4.91. The first-order valence-corrected chi connectivity index (χ1v) is 6.59. The van der Waals surface area contributed by atoms with Crippen molar-refractivity contribution in [1.82, 2.24) is 5.32 Å². The molecular formula is C14H14BrNO3. The molecule has 1 N–H and O–H groups in total. The van der Waals surface area contributed by atoms with Gasteiger partial charge in [0.25, 0.3) is 5.91 Å². The highest BCUT2D eigenvalue weighted by atomic mass is 79.9. The molecule has 1 aromatic carbocycles. The average Bonchev–Trinajstić information content (AvgIpc) is 2.92. The normalized spacial score (nSPS) is 11.9. The number of amides is 1. The number of nitrogens with one attached hydrogen (secondary N) is 1. The third-order valence-electron chi connectivity index (χ3n) is 2.73. The molecule has 2 aromatic rings. The summed E-state index contributed by atoms with van der Waals surface area (Å²) in [5.41, 5.74) is 0.561. The van der Waals surface area contributed by atoms with Crippen LogP contribution in [-0.2, 0) is 0 Å². The molecule has 0 bridgehead atoms. The van der Waals surface area contributed by atoms with E-state index in [4.69, 9.17) is 9.15 Å². The number of hydrogen-bond donors (Lipinski definition) is 1. The maximum Gasteiger partial charge on any atom is 0.251 e. The molecule has 0 spiro atoms. The number of methoxy groups -OCH3 is 1. The van der Waals surface area contributed by atoms with Crippen molar-refractivity contribution in [3.05, 3.63) is 52.4 Å². The van der Waals surface area contributed by atoms with Gasteiger partial charge in [0, 0.05) is 5.56 Å². The van der Waals surface area contributed by atoms with Gasteiger partial charge >= 0.3 is 0 Å². The van der Waals surface area contributed by atoms with Crippen LogP contribution in [0, 0.1) is 0 Å². The number of hydrogen-bond acceptors (Lipinski definition) is 3. The zero-order valence-corrected chi connectivity index (χ0v) is 12.2. The molecule has 4 nitrogen and oxygen atoms in total. The minimum absolute atomic E-state index is 0.160. The summed E-state index contributed by atoms with van der Waals surface area (Å²) < 4.78 is 11.1. The molecule has 0 saturated carbocycles. The van der Waals surface area contributed by atoms with E-state index in [0.717, 1.165) is 10.2 Å². The SMILES string of the molecule is COc1ccc(C(=O)N[C@@H](C)c2ccco2)cc1Br. The van der Waals surface area contributed by atoms with Crippen LogP contribution in [-0.4, -0.2) is 13.0 Å². The molecule has 0 saturated heterocycles. The second kappa shape index (κ2) is 5.93. The van der Waals surface area contributed by atoms with Gasteiger partial charge in [-0.15, -0.1) is 0 Å². The van der Waals surface area contributed by atoms with Gasteiger partial charge in [-0.25, -0.2) is 0 Å². The Morgan fingerprint density at radius 2 is 2.21 bits per heavy atom. The van der Waals surface area contributed by atoms with E-state index in [1.165, 1.54) is 0 Å². The van der Waals surface area contributed by atoms with Crippen molar-refractivity contribution in [2.45, 2.75) is 13.0 Å². The van der Waals surface area contributed by atoms with Crippen LogP contribution in [0.15, 0.2) is 45.5 Å². The molecule has 0 aliphatic heterocycles. The molecule has 1 atom stereocenters. The summed E-state index contributed by atoms with van der Waals surface area (Å²) in [6.07, 6.45) is 1.59. The van der Waals surface area contributed by atoms with Crippen LogP contribution >= 0.6 is 15.9 Å². The van der Waals surface area contributed by atoms with Crippen molar-refractivity contribution in [3.63, 3.8) is 0 Å². The average molecular weight is 324 g/mol. The van der Waals surface area contributed by atoms with Gasteiger partial charge < -0.3 is 14.5 Å². The van der Waals surface area contributed by atoms with Crippen molar-refractivity contribution in [2.75, 3.05) is 7.11 Å². The molecule has 0 radical (unpaired) electrons. The first-order chi connectivity index (χ1) is 9.11. The summed E-state index contributed by atoms with van der Waals surface area (Å²) in [5.74, 6) is 1.25. The number of benzene rings is 1. The van der Waals surface area contributed by atoms with Crippen LogP contribution in [0.4, 0.5) is 0 Å². The van der Waals surface area contributed by atoms with E-state index in [0.29, 0.717) is 11.3 Å². The molecular weight excluding hydrogens is 310 g/mol. The van der Waals surface area contributed by atoms with Crippen LogP contribution in [0.25, 0.3) is 0 Å². The van der Waals surface area contributed by atoms with Crippen molar-refractivity contribution >= 4 is 21.8 Å². The lowest BCUT2D eigenvalue weighted by molar-refractivity contribution is 0.0935. The molecule has 1 aromatic heterocycles. The fourth-order valence-electron chi connectivity index (χ4n) is 1.70. The predicted octanol–water partition coefficient (Wildman–Crippen LogP) is 3.54. The van der Waals surface area contributed by atoms with E-state index in [1.807, 2.05) is 13.0 Å². The van der Waals surface area contributed by atoms with Gasteiger partial charge in [0.2, 0.25) is 0 Å². The predicted molar refractivity (Wildman–Crippen MR) is 75.3 cm³/mol. The van der Waals surface area contributed by atoms with Crippen LogP contribution in [0.1, 0.15) is 29.1 Å². The molecule has 0 aliphatic carbocycles. The first-order valence-electron chi connectivity index (χ1n) is 5.79. The fourth-order valence-corrected chi connectivity index (χ4v) is 2.24. The summed E-state index contributed by atoms with van der Waals surface area (Å²) in [6.45, 7) is 1.87. The number of rotatable bonds is 4. The molecule has 0 fully saturated rings. The van der Waals surface area contributed by atoms with Crippen LogP contribution in [0.5, 0.6) is 5.75 Å². The Kier molecular flexibility index (Phi) is 4.27. The minimum atomic E-state index is -0.177. The van der Waals surface area contributed by atoms with Crippen LogP contribution in [0.3, 0.4) is 0 Å². The highest BCUT2D eigenvalue weighted by Crippen LogP contribution is 2.25. The molecule has 1 heterocycles. The largest absolute Gasteiger partial charge is 0.496 e. The lowest BCUT2D eigenvalue weighted by atomic mass is 10.2. The Morgan fingerprint density at radius 3 is 2.79 bits per heavy atom. The van der Waals surface area contributed by atoms with Gasteiger partial charge in [-0.3, -0.25) is 4.79 Å². The Balaban J connectivity index is 2.10. The number of ether oxygens (including phenoxy) is 1. The number of carbonyl (C=O) groups excluding carboxylic acids is 1.